The van der Waals surface area contributed by atoms with E-state index in [1.807, 2.05) is 11.0 Å². The minimum atomic E-state index is -0.130. The van der Waals surface area contributed by atoms with Gasteiger partial charge < -0.3 is 15.5 Å². The molecule has 2 saturated heterocycles. The van der Waals surface area contributed by atoms with Crippen LogP contribution >= 0.6 is 0 Å². The van der Waals surface area contributed by atoms with Crippen LogP contribution in [0.5, 0.6) is 0 Å². The standard InChI is InChI=1S/C15H23N5O/c1-15(2,3)14-17-11(16)8-12(18-14)19-6-7-20-10(9-19)4-5-13(20)21/h8,10H,4-7,9H2,1-3H3,(H2,16,17,18). The van der Waals surface area contributed by atoms with E-state index in [0.717, 1.165) is 37.7 Å². The van der Waals surface area contributed by atoms with Crippen LogP contribution in [-0.2, 0) is 10.2 Å². The number of nitrogens with two attached hydrogens (primary N) is 1. The molecule has 0 radical (unpaired) electrons. The highest BCUT2D eigenvalue weighted by molar-refractivity contribution is 5.79. The number of hydrogen-bond acceptors (Lipinski definition) is 5. The highest BCUT2D eigenvalue weighted by atomic mass is 16.2. The van der Waals surface area contributed by atoms with Crippen molar-refractivity contribution in [3.8, 4) is 0 Å². The molecule has 1 aromatic heterocycles. The zero-order chi connectivity index (χ0) is 15.2. The Morgan fingerprint density at radius 3 is 2.76 bits per heavy atom. The van der Waals surface area contributed by atoms with Crippen molar-refractivity contribution >= 4 is 17.5 Å². The molecule has 2 aliphatic rings. The van der Waals surface area contributed by atoms with E-state index < -0.39 is 0 Å². The number of amides is 1. The van der Waals surface area contributed by atoms with Crippen molar-refractivity contribution in [1.29, 1.82) is 0 Å². The number of nitrogens with zero attached hydrogens (tertiary/aromatic N) is 4. The second kappa shape index (κ2) is 4.86. The number of fused-ring (bicyclic) bond motifs is 1. The van der Waals surface area contributed by atoms with Gasteiger partial charge in [-0.3, -0.25) is 4.79 Å². The van der Waals surface area contributed by atoms with Gasteiger partial charge in [-0.1, -0.05) is 20.8 Å². The maximum atomic E-state index is 11.8. The van der Waals surface area contributed by atoms with Gasteiger partial charge in [0.05, 0.1) is 0 Å². The summed E-state index contributed by atoms with van der Waals surface area (Å²) >= 11 is 0. The number of anilines is 2. The number of carbonyl (C=O) groups is 1. The Hall–Kier alpha value is -1.85. The summed E-state index contributed by atoms with van der Waals surface area (Å²) in [5.41, 5.74) is 5.82. The second-order valence-electron chi connectivity index (χ2n) is 6.95. The van der Waals surface area contributed by atoms with Crippen LogP contribution < -0.4 is 10.6 Å². The Bertz CT molecular complexity index is 566. The fraction of sp³-hybridized carbons (Fsp3) is 0.667. The lowest BCUT2D eigenvalue weighted by atomic mass is 9.96. The Balaban J connectivity index is 1.84. The van der Waals surface area contributed by atoms with E-state index in [0.29, 0.717) is 18.3 Å². The number of aromatic nitrogens is 2. The molecule has 1 atom stereocenters. The summed E-state index contributed by atoms with van der Waals surface area (Å²) in [5.74, 6) is 2.45. The first-order valence-electron chi connectivity index (χ1n) is 7.54. The third kappa shape index (κ3) is 2.66. The molecule has 0 aromatic carbocycles. The smallest absolute Gasteiger partial charge is 0.223 e. The molecule has 2 fully saturated rings. The summed E-state index contributed by atoms with van der Waals surface area (Å²) in [4.78, 5) is 25.0. The summed E-state index contributed by atoms with van der Waals surface area (Å²) in [6.45, 7) is 8.67. The summed E-state index contributed by atoms with van der Waals surface area (Å²) in [5, 5.41) is 0. The van der Waals surface area contributed by atoms with Gasteiger partial charge in [0.25, 0.3) is 0 Å². The average molecular weight is 289 g/mol. The fourth-order valence-electron chi connectivity index (χ4n) is 3.02. The van der Waals surface area contributed by atoms with Gasteiger partial charge in [-0.15, -0.1) is 0 Å². The summed E-state index contributed by atoms with van der Waals surface area (Å²) in [6, 6.07) is 2.15. The van der Waals surface area contributed by atoms with Crippen molar-refractivity contribution in [3.05, 3.63) is 11.9 Å². The molecule has 1 unspecified atom stereocenters. The molecule has 1 amide bonds. The molecule has 0 aliphatic carbocycles. The Kier molecular flexibility index (Phi) is 3.26. The minimum Gasteiger partial charge on any atom is -0.384 e. The number of nitrogen functional groups attached to an aromatic ring is 1. The zero-order valence-electron chi connectivity index (χ0n) is 13.0. The van der Waals surface area contributed by atoms with Gasteiger partial charge in [-0.05, 0) is 6.42 Å². The summed E-state index contributed by atoms with van der Waals surface area (Å²) in [6.07, 6.45) is 1.62. The summed E-state index contributed by atoms with van der Waals surface area (Å²) < 4.78 is 0. The monoisotopic (exact) mass is 289 g/mol. The van der Waals surface area contributed by atoms with E-state index in [4.69, 9.17) is 10.7 Å². The Labute approximate surface area is 125 Å². The number of rotatable bonds is 1. The molecule has 114 valence electrons. The van der Waals surface area contributed by atoms with E-state index in [9.17, 15) is 4.79 Å². The predicted octanol–water partition coefficient (Wildman–Crippen LogP) is 1.17. The van der Waals surface area contributed by atoms with Gasteiger partial charge in [0.1, 0.15) is 17.5 Å². The first kappa shape index (κ1) is 14.1. The third-order valence-corrected chi connectivity index (χ3v) is 4.22. The van der Waals surface area contributed by atoms with Crippen LogP contribution in [-0.4, -0.2) is 46.5 Å². The molecular formula is C15H23N5O. The van der Waals surface area contributed by atoms with E-state index in [1.54, 1.807) is 0 Å². The van der Waals surface area contributed by atoms with Gasteiger partial charge in [0.2, 0.25) is 5.91 Å². The maximum Gasteiger partial charge on any atom is 0.223 e. The van der Waals surface area contributed by atoms with Crippen LogP contribution in [0.2, 0.25) is 0 Å². The molecular weight excluding hydrogens is 266 g/mol. The minimum absolute atomic E-state index is 0.130. The average Bonchev–Trinajstić information content (AvgIpc) is 2.78. The van der Waals surface area contributed by atoms with Gasteiger partial charge >= 0.3 is 0 Å². The van der Waals surface area contributed by atoms with E-state index in [1.165, 1.54) is 0 Å². The maximum absolute atomic E-state index is 11.8. The lowest BCUT2D eigenvalue weighted by Crippen LogP contribution is -2.51. The summed E-state index contributed by atoms with van der Waals surface area (Å²) in [7, 11) is 0. The third-order valence-electron chi connectivity index (χ3n) is 4.22. The van der Waals surface area contributed by atoms with Crippen LogP contribution in [0.15, 0.2) is 6.07 Å². The van der Waals surface area contributed by atoms with E-state index in [2.05, 4.69) is 30.7 Å². The number of piperazine rings is 1. The Morgan fingerprint density at radius 1 is 1.29 bits per heavy atom. The van der Waals surface area contributed by atoms with Crippen molar-refractivity contribution in [2.24, 2.45) is 0 Å². The van der Waals surface area contributed by atoms with Crippen molar-refractivity contribution < 1.29 is 4.79 Å². The number of carbonyl (C=O) groups excluding carboxylic acids is 1. The van der Waals surface area contributed by atoms with Crippen LogP contribution in [0.1, 0.15) is 39.4 Å². The molecule has 6 nitrogen and oxygen atoms in total. The fourth-order valence-corrected chi connectivity index (χ4v) is 3.02. The van der Waals surface area contributed by atoms with Crippen LogP contribution in [0, 0.1) is 0 Å². The quantitative estimate of drug-likeness (QED) is 0.840. The van der Waals surface area contributed by atoms with Crippen LogP contribution in [0.4, 0.5) is 11.6 Å². The predicted molar refractivity (Wildman–Crippen MR) is 82.1 cm³/mol. The van der Waals surface area contributed by atoms with Crippen molar-refractivity contribution in [3.63, 3.8) is 0 Å². The first-order valence-corrected chi connectivity index (χ1v) is 7.54. The molecule has 1 aromatic rings. The van der Waals surface area contributed by atoms with Crippen LogP contribution in [0.3, 0.4) is 0 Å². The Morgan fingerprint density at radius 2 is 2.05 bits per heavy atom. The van der Waals surface area contributed by atoms with Crippen molar-refractivity contribution in [1.82, 2.24) is 14.9 Å². The van der Waals surface area contributed by atoms with Gasteiger partial charge in [0, 0.05) is 43.6 Å². The molecule has 0 saturated carbocycles. The lowest BCUT2D eigenvalue weighted by Gasteiger charge is -2.38. The van der Waals surface area contributed by atoms with E-state index in [-0.39, 0.29) is 11.3 Å². The van der Waals surface area contributed by atoms with Crippen molar-refractivity contribution in [2.75, 3.05) is 30.3 Å². The van der Waals surface area contributed by atoms with Crippen molar-refractivity contribution in [2.45, 2.75) is 45.1 Å². The molecule has 3 rings (SSSR count). The molecule has 2 N–H and O–H groups in total. The topological polar surface area (TPSA) is 75.3 Å². The highest BCUT2D eigenvalue weighted by Gasteiger charge is 2.36. The molecule has 2 aliphatic heterocycles. The normalized spacial score (nSPS) is 22.6. The molecule has 6 heteroatoms. The molecule has 3 heterocycles. The highest BCUT2D eigenvalue weighted by Crippen LogP contribution is 2.28. The zero-order valence-corrected chi connectivity index (χ0v) is 13.0. The van der Waals surface area contributed by atoms with E-state index >= 15 is 0 Å². The molecule has 0 spiro atoms. The largest absolute Gasteiger partial charge is 0.384 e. The van der Waals surface area contributed by atoms with Gasteiger partial charge in [-0.2, -0.15) is 0 Å². The second-order valence-corrected chi connectivity index (χ2v) is 6.95. The lowest BCUT2D eigenvalue weighted by molar-refractivity contribution is -0.129. The van der Waals surface area contributed by atoms with Gasteiger partial charge in [0.15, 0.2) is 0 Å². The SMILES string of the molecule is CC(C)(C)c1nc(N)cc(N2CCN3C(=O)CCC3C2)n1. The molecule has 0 bridgehead atoms. The number of hydrogen-bond donors (Lipinski definition) is 1. The first-order chi connectivity index (χ1) is 9.84. The van der Waals surface area contributed by atoms with Gasteiger partial charge in [-0.25, -0.2) is 9.97 Å². The molecule has 21 heavy (non-hydrogen) atoms. The van der Waals surface area contributed by atoms with Crippen LogP contribution in [0.25, 0.3) is 0 Å².